The van der Waals surface area contributed by atoms with Gasteiger partial charge in [0.15, 0.2) is 5.69 Å². The topological polar surface area (TPSA) is 58.1 Å². The van der Waals surface area contributed by atoms with Gasteiger partial charge in [0.2, 0.25) is 0 Å². The molecule has 19 heavy (non-hydrogen) atoms. The Bertz CT molecular complexity index is 402. The first-order valence-electron chi connectivity index (χ1n) is 6.63. The van der Waals surface area contributed by atoms with Crippen LogP contribution < -0.4 is 5.32 Å². The average Bonchev–Trinajstić information content (AvgIpc) is 3.08. The highest BCUT2D eigenvalue weighted by Crippen LogP contribution is 2.28. The molecule has 2 aliphatic rings. The van der Waals surface area contributed by atoms with Crippen molar-refractivity contribution in [1.29, 1.82) is 0 Å². The lowest BCUT2D eigenvalue weighted by Crippen LogP contribution is -2.45. The fourth-order valence-corrected chi connectivity index (χ4v) is 2.77. The van der Waals surface area contributed by atoms with Gasteiger partial charge in [0.1, 0.15) is 0 Å². The third-order valence-electron chi connectivity index (χ3n) is 3.75. The quantitative estimate of drug-likeness (QED) is 0.917. The number of hydrogen-bond donors (Lipinski definition) is 1. The zero-order chi connectivity index (χ0) is 12.4. The first-order valence-corrected chi connectivity index (χ1v) is 7.36. The summed E-state index contributed by atoms with van der Waals surface area (Å²) in [4.78, 5) is 13.9. The number of likely N-dealkylation sites (tertiary alicyclic amines) is 1. The van der Waals surface area contributed by atoms with E-state index in [-0.39, 0.29) is 18.3 Å². The Labute approximate surface area is 123 Å². The van der Waals surface area contributed by atoms with Crippen LogP contribution in [0.4, 0.5) is 0 Å². The van der Waals surface area contributed by atoms with E-state index in [1.165, 1.54) is 12.8 Å². The molecule has 0 aromatic carbocycles. The summed E-state index contributed by atoms with van der Waals surface area (Å²) in [7, 11) is 0. The number of piperidine rings is 1. The Balaban J connectivity index is 0.00000133. The smallest absolute Gasteiger partial charge is 0.275 e. The minimum atomic E-state index is 0. The molecule has 0 unspecified atom stereocenters. The fraction of sp³-hybridized carbons (Fsp3) is 0.750. The molecule has 1 aliphatic carbocycles. The Morgan fingerprint density at radius 3 is 2.68 bits per heavy atom. The molecule has 1 aromatic heterocycles. The first kappa shape index (κ1) is 14.7. The summed E-state index contributed by atoms with van der Waals surface area (Å²) >= 11 is 1.09. The van der Waals surface area contributed by atoms with Crippen LogP contribution >= 0.6 is 24.1 Å². The maximum atomic E-state index is 12.1. The predicted octanol–water partition coefficient (Wildman–Crippen LogP) is 1.56. The summed E-state index contributed by atoms with van der Waals surface area (Å²) in [5, 5.41) is 3.61. The normalized spacial score (nSPS) is 20.1. The monoisotopic (exact) mass is 302 g/mol. The molecule has 0 spiro atoms. The molecule has 0 bridgehead atoms. The second kappa shape index (κ2) is 6.63. The van der Waals surface area contributed by atoms with Crippen molar-refractivity contribution >= 4 is 30.0 Å². The largest absolute Gasteiger partial charge is 0.337 e. The van der Waals surface area contributed by atoms with Gasteiger partial charge in [-0.1, -0.05) is 0 Å². The molecule has 1 aromatic rings. The summed E-state index contributed by atoms with van der Waals surface area (Å²) in [6.07, 6.45) is 6.44. The molecule has 2 heterocycles. The van der Waals surface area contributed by atoms with E-state index in [4.69, 9.17) is 0 Å². The standard InChI is InChI=1S/C12H18N4OS.ClH/c17-12(11-8-14-18-15-11)16-5-3-10(4-6-16)13-7-9-1-2-9;/h8-10,13H,1-7H2;1H. The highest BCUT2D eigenvalue weighted by molar-refractivity contribution is 6.99. The lowest BCUT2D eigenvalue weighted by atomic mass is 10.0. The van der Waals surface area contributed by atoms with Crippen molar-refractivity contribution in [3.63, 3.8) is 0 Å². The van der Waals surface area contributed by atoms with Crippen LogP contribution in [0.15, 0.2) is 6.20 Å². The molecule has 5 nitrogen and oxygen atoms in total. The maximum Gasteiger partial charge on any atom is 0.275 e. The zero-order valence-corrected chi connectivity index (χ0v) is 12.4. The van der Waals surface area contributed by atoms with Crippen molar-refractivity contribution in [2.45, 2.75) is 31.7 Å². The summed E-state index contributed by atoms with van der Waals surface area (Å²) in [5.74, 6) is 0.954. The summed E-state index contributed by atoms with van der Waals surface area (Å²) in [5.41, 5.74) is 0.490. The van der Waals surface area contributed by atoms with E-state index < -0.39 is 0 Å². The molecule has 1 aliphatic heterocycles. The lowest BCUT2D eigenvalue weighted by Gasteiger charge is -2.32. The number of nitrogens with zero attached hydrogens (tertiary/aromatic N) is 3. The minimum Gasteiger partial charge on any atom is -0.337 e. The number of rotatable bonds is 4. The van der Waals surface area contributed by atoms with Crippen LogP contribution in [-0.4, -0.2) is 45.2 Å². The van der Waals surface area contributed by atoms with E-state index in [0.29, 0.717) is 11.7 Å². The van der Waals surface area contributed by atoms with E-state index in [1.54, 1.807) is 6.20 Å². The van der Waals surface area contributed by atoms with Crippen LogP contribution in [0.3, 0.4) is 0 Å². The van der Waals surface area contributed by atoms with Crippen LogP contribution in [-0.2, 0) is 0 Å². The van der Waals surface area contributed by atoms with Crippen molar-refractivity contribution < 1.29 is 4.79 Å². The molecule has 1 amide bonds. The highest BCUT2D eigenvalue weighted by atomic mass is 35.5. The Hall–Kier alpha value is -0.720. The van der Waals surface area contributed by atoms with Gasteiger partial charge >= 0.3 is 0 Å². The van der Waals surface area contributed by atoms with Crippen LogP contribution in [0.5, 0.6) is 0 Å². The van der Waals surface area contributed by atoms with Crippen LogP contribution in [0.25, 0.3) is 0 Å². The van der Waals surface area contributed by atoms with Crippen molar-refractivity contribution in [2.75, 3.05) is 19.6 Å². The fourth-order valence-electron chi connectivity index (χ4n) is 2.36. The molecule has 1 saturated carbocycles. The van der Waals surface area contributed by atoms with Gasteiger partial charge in [0.25, 0.3) is 5.91 Å². The first-order chi connectivity index (χ1) is 8.83. The second-order valence-electron chi connectivity index (χ2n) is 5.21. The van der Waals surface area contributed by atoms with Gasteiger partial charge in [-0.3, -0.25) is 4.79 Å². The van der Waals surface area contributed by atoms with Crippen molar-refractivity contribution in [3.05, 3.63) is 11.9 Å². The van der Waals surface area contributed by atoms with Gasteiger partial charge < -0.3 is 10.2 Å². The minimum absolute atomic E-state index is 0. The van der Waals surface area contributed by atoms with Gasteiger partial charge in [-0.15, -0.1) is 12.4 Å². The van der Waals surface area contributed by atoms with E-state index in [2.05, 4.69) is 14.1 Å². The van der Waals surface area contributed by atoms with Crippen molar-refractivity contribution in [1.82, 2.24) is 19.0 Å². The Morgan fingerprint density at radius 1 is 1.37 bits per heavy atom. The third-order valence-corrected chi connectivity index (χ3v) is 4.23. The molecular formula is C12H19ClN4OS. The number of nitrogens with one attached hydrogen (secondary N) is 1. The summed E-state index contributed by atoms with van der Waals surface area (Å²) in [6, 6.07) is 0.586. The van der Waals surface area contributed by atoms with Gasteiger partial charge in [-0.2, -0.15) is 8.75 Å². The molecule has 7 heteroatoms. The van der Waals surface area contributed by atoms with Crippen molar-refractivity contribution in [3.8, 4) is 0 Å². The SMILES string of the molecule is Cl.O=C(c1cnsn1)N1CCC(NCC2CC2)CC1. The van der Waals surface area contributed by atoms with Gasteiger partial charge in [0.05, 0.1) is 17.9 Å². The Morgan fingerprint density at radius 2 is 2.11 bits per heavy atom. The second-order valence-corrected chi connectivity index (χ2v) is 5.77. The molecular weight excluding hydrogens is 284 g/mol. The Kier molecular flexibility index (Phi) is 5.13. The average molecular weight is 303 g/mol. The number of aromatic nitrogens is 2. The number of hydrogen-bond acceptors (Lipinski definition) is 5. The number of halogens is 1. The van der Waals surface area contributed by atoms with E-state index >= 15 is 0 Å². The summed E-state index contributed by atoms with van der Waals surface area (Å²) in [6.45, 7) is 2.83. The predicted molar refractivity (Wildman–Crippen MR) is 76.8 cm³/mol. The number of amides is 1. The van der Waals surface area contributed by atoms with Crippen molar-refractivity contribution in [2.24, 2.45) is 5.92 Å². The number of carbonyl (C=O) groups excluding carboxylic acids is 1. The molecule has 3 rings (SSSR count). The maximum absolute atomic E-state index is 12.1. The molecule has 106 valence electrons. The van der Waals surface area contributed by atoms with Crippen LogP contribution in [0, 0.1) is 5.92 Å². The molecule has 1 saturated heterocycles. The molecule has 1 N–H and O–H groups in total. The van der Waals surface area contributed by atoms with Gasteiger partial charge in [0, 0.05) is 19.1 Å². The highest BCUT2D eigenvalue weighted by Gasteiger charge is 2.26. The van der Waals surface area contributed by atoms with E-state index in [9.17, 15) is 4.79 Å². The molecule has 2 fully saturated rings. The van der Waals surface area contributed by atoms with E-state index in [0.717, 1.165) is 50.1 Å². The van der Waals surface area contributed by atoms with E-state index in [1.807, 2.05) is 4.90 Å². The molecule has 0 radical (unpaired) electrons. The zero-order valence-electron chi connectivity index (χ0n) is 10.7. The van der Waals surface area contributed by atoms with Gasteiger partial charge in [-0.25, -0.2) is 0 Å². The number of carbonyl (C=O) groups is 1. The third kappa shape index (κ3) is 3.87. The van der Waals surface area contributed by atoms with Gasteiger partial charge in [-0.05, 0) is 38.1 Å². The molecule has 0 atom stereocenters. The lowest BCUT2D eigenvalue weighted by molar-refractivity contribution is 0.0700. The van der Waals surface area contributed by atoms with Crippen LogP contribution in [0.1, 0.15) is 36.2 Å². The van der Waals surface area contributed by atoms with Crippen LogP contribution in [0.2, 0.25) is 0 Å². The summed E-state index contributed by atoms with van der Waals surface area (Å²) < 4.78 is 7.88.